The van der Waals surface area contributed by atoms with Crippen molar-refractivity contribution in [1.82, 2.24) is 0 Å². The summed E-state index contributed by atoms with van der Waals surface area (Å²) in [5, 5.41) is 12.4. The van der Waals surface area contributed by atoms with Gasteiger partial charge in [0.15, 0.2) is 0 Å². The first-order valence-electron chi connectivity index (χ1n) is 6.03. The fourth-order valence-electron chi connectivity index (χ4n) is 2.11. The van der Waals surface area contributed by atoms with Crippen molar-refractivity contribution >= 4 is 11.3 Å². The molecular weight excluding hydrogens is 220 g/mol. The molecule has 0 spiro atoms. The third-order valence-electron chi connectivity index (χ3n) is 3.21. The van der Waals surface area contributed by atoms with Gasteiger partial charge in [0.05, 0.1) is 11.7 Å². The number of ether oxygens (including phenoxy) is 1. The minimum Gasteiger partial charge on any atom is -0.390 e. The van der Waals surface area contributed by atoms with E-state index in [4.69, 9.17) is 4.74 Å². The molecule has 1 unspecified atom stereocenters. The number of aliphatic hydroxyl groups excluding tert-OH is 1. The van der Waals surface area contributed by atoms with Crippen molar-refractivity contribution in [3.63, 3.8) is 0 Å². The standard InChI is InChI=1S/C13H22O2S/c1-4-13(5-2,15-6-3)12(14)10-11-8-7-9-16-11/h7-9,12,14H,4-6,10H2,1-3H3. The Morgan fingerprint density at radius 3 is 2.50 bits per heavy atom. The predicted molar refractivity (Wildman–Crippen MR) is 69.0 cm³/mol. The Morgan fingerprint density at radius 2 is 2.06 bits per heavy atom. The molecule has 92 valence electrons. The highest BCUT2D eigenvalue weighted by Gasteiger charge is 2.35. The van der Waals surface area contributed by atoms with Gasteiger partial charge in [-0.1, -0.05) is 19.9 Å². The van der Waals surface area contributed by atoms with Crippen LogP contribution >= 0.6 is 11.3 Å². The average molecular weight is 242 g/mol. The summed E-state index contributed by atoms with van der Waals surface area (Å²) < 4.78 is 5.79. The molecule has 0 radical (unpaired) electrons. The van der Waals surface area contributed by atoms with Crippen molar-refractivity contribution in [3.05, 3.63) is 22.4 Å². The Hall–Kier alpha value is -0.380. The molecule has 1 aromatic rings. The Labute approximate surface area is 102 Å². The zero-order valence-corrected chi connectivity index (χ0v) is 11.2. The average Bonchev–Trinajstić information content (AvgIpc) is 2.78. The predicted octanol–water partition coefficient (Wildman–Crippen LogP) is 3.25. The van der Waals surface area contributed by atoms with Gasteiger partial charge < -0.3 is 9.84 Å². The van der Waals surface area contributed by atoms with Gasteiger partial charge in [0.1, 0.15) is 0 Å². The highest BCUT2D eigenvalue weighted by atomic mass is 32.1. The minimum atomic E-state index is -0.416. The maximum atomic E-state index is 10.3. The lowest BCUT2D eigenvalue weighted by Gasteiger charge is -2.36. The van der Waals surface area contributed by atoms with E-state index < -0.39 is 6.10 Å². The summed E-state index contributed by atoms with van der Waals surface area (Å²) >= 11 is 1.69. The molecule has 0 saturated heterocycles. The van der Waals surface area contributed by atoms with Crippen molar-refractivity contribution in [2.24, 2.45) is 0 Å². The molecule has 1 N–H and O–H groups in total. The Morgan fingerprint density at radius 1 is 1.38 bits per heavy atom. The zero-order valence-electron chi connectivity index (χ0n) is 10.4. The van der Waals surface area contributed by atoms with Gasteiger partial charge >= 0.3 is 0 Å². The second-order valence-electron chi connectivity index (χ2n) is 4.00. The second kappa shape index (κ2) is 6.38. The summed E-state index contributed by atoms with van der Waals surface area (Å²) in [6.45, 7) is 6.80. The van der Waals surface area contributed by atoms with Crippen molar-refractivity contribution < 1.29 is 9.84 Å². The van der Waals surface area contributed by atoms with Crippen LogP contribution in [0, 0.1) is 0 Å². The molecule has 16 heavy (non-hydrogen) atoms. The van der Waals surface area contributed by atoms with Crippen LogP contribution in [0.15, 0.2) is 17.5 Å². The van der Waals surface area contributed by atoms with Gasteiger partial charge in [-0.3, -0.25) is 0 Å². The normalized spacial score (nSPS) is 14.0. The summed E-state index contributed by atoms with van der Waals surface area (Å²) in [6.07, 6.45) is 1.98. The lowest BCUT2D eigenvalue weighted by molar-refractivity contribution is -0.124. The third kappa shape index (κ3) is 3.06. The number of rotatable bonds is 7. The van der Waals surface area contributed by atoms with E-state index in [9.17, 15) is 5.11 Å². The van der Waals surface area contributed by atoms with E-state index in [1.165, 1.54) is 4.88 Å². The van der Waals surface area contributed by atoms with E-state index in [1.807, 2.05) is 18.4 Å². The van der Waals surface area contributed by atoms with Gasteiger partial charge in [-0.15, -0.1) is 11.3 Å². The molecule has 1 aromatic heterocycles. The van der Waals surface area contributed by atoms with Crippen LogP contribution in [0.2, 0.25) is 0 Å². The summed E-state index contributed by atoms with van der Waals surface area (Å²) in [7, 11) is 0. The van der Waals surface area contributed by atoms with Crippen LogP contribution < -0.4 is 0 Å². The molecule has 0 aliphatic rings. The largest absolute Gasteiger partial charge is 0.390 e. The van der Waals surface area contributed by atoms with Crippen molar-refractivity contribution in [1.29, 1.82) is 0 Å². The molecule has 0 aliphatic heterocycles. The Bertz CT molecular complexity index is 278. The molecule has 0 amide bonds. The number of hydrogen-bond acceptors (Lipinski definition) is 3. The van der Waals surface area contributed by atoms with E-state index in [0.717, 1.165) is 12.8 Å². The first-order chi connectivity index (χ1) is 7.68. The second-order valence-corrected chi connectivity index (χ2v) is 5.04. The van der Waals surface area contributed by atoms with E-state index in [-0.39, 0.29) is 5.60 Å². The molecule has 0 aromatic carbocycles. The SMILES string of the molecule is CCOC(CC)(CC)C(O)Cc1cccs1. The lowest BCUT2D eigenvalue weighted by atomic mass is 9.88. The maximum Gasteiger partial charge on any atom is 0.0938 e. The van der Waals surface area contributed by atoms with Crippen molar-refractivity contribution in [2.45, 2.75) is 51.7 Å². The Balaban J connectivity index is 2.70. The summed E-state index contributed by atoms with van der Waals surface area (Å²) in [5.41, 5.74) is -0.376. The number of hydrogen-bond donors (Lipinski definition) is 1. The molecule has 2 nitrogen and oxygen atoms in total. The van der Waals surface area contributed by atoms with Gasteiger partial charge in [0.25, 0.3) is 0 Å². The fraction of sp³-hybridized carbons (Fsp3) is 0.692. The topological polar surface area (TPSA) is 29.5 Å². The third-order valence-corrected chi connectivity index (χ3v) is 4.11. The molecular formula is C13H22O2S. The smallest absolute Gasteiger partial charge is 0.0938 e. The van der Waals surface area contributed by atoms with Crippen LogP contribution in [0.5, 0.6) is 0 Å². The van der Waals surface area contributed by atoms with Crippen LogP contribution in [-0.4, -0.2) is 23.4 Å². The van der Waals surface area contributed by atoms with Crippen LogP contribution in [-0.2, 0) is 11.2 Å². The van der Waals surface area contributed by atoms with E-state index in [1.54, 1.807) is 11.3 Å². The van der Waals surface area contributed by atoms with Crippen LogP contribution in [0.4, 0.5) is 0 Å². The molecule has 3 heteroatoms. The molecule has 1 rings (SSSR count). The van der Waals surface area contributed by atoms with E-state index in [2.05, 4.69) is 19.9 Å². The highest BCUT2D eigenvalue weighted by molar-refractivity contribution is 7.09. The highest BCUT2D eigenvalue weighted by Crippen LogP contribution is 2.28. The van der Waals surface area contributed by atoms with E-state index in [0.29, 0.717) is 13.0 Å². The molecule has 0 saturated carbocycles. The quantitative estimate of drug-likeness (QED) is 0.795. The fourth-order valence-corrected chi connectivity index (χ4v) is 2.86. The zero-order chi connectivity index (χ0) is 12.0. The molecule has 0 fully saturated rings. The van der Waals surface area contributed by atoms with Crippen LogP contribution in [0.25, 0.3) is 0 Å². The van der Waals surface area contributed by atoms with Crippen molar-refractivity contribution in [3.8, 4) is 0 Å². The van der Waals surface area contributed by atoms with Crippen LogP contribution in [0.1, 0.15) is 38.5 Å². The van der Waals surface area contributed by atoms with Gasteiger partial charge in [0.2, 0.25) is 0 Å². The molecule has 0 bridgehead atoms. The first-order valence-corrected chi connectivity index (χ1v) is 6.90. The first kappa shape index (κ1) is 13.7. The summed E-state index contributed by atoms with van der Waals surface area (Å²) in [4.78, 5) is 1.22. The van der Waals surface area contributed by atoms with Crippen molar-refractivity contribution in [2.75, 3.05) is 6.61 Å². The summed E-state index contributed by atoms with van der Waals surface area (Å²) in [5.74, 6) is 0. The van der Waals surface area contributed by atoms with Gasteiger partial charge in [0, 0.05) is 17.9 Å². The van der Waals surface area contributed by atoms with E-state index >= 15 is 0 Å². The molecule has 1 atom stereocenters. The number of aliphatic hydroxyl groups is 1. The Kier molecular flexibility index (Phi) is 5.46. The van der Waals surface area contributed by atoms with Crippen LogP contribution in [0.3, 0.4) is 0 Å². The minimum absolute atomic E-state index is 0.376. The van der Waals surface area contributed by atoms with Gasteiger partial charge in [-0.05, 0) is 31.2 Å². The van der Waals surface area contributed by atoms with Gasteiger partial charge in [-0.2, -0.15) is 0 Å². The molecule has 1 heterocycles. The summed E-state index contributed by atoms with van der Waals surface area (Å²) in [6, 6.07) is 4.09. The maximum absolute atomic E-state index is 10.3. The molecule has 0 aliphatic carbocycles. The number of thiophene rings is 1. The monoisotopic (exact) mass is 242 g/mol. The van der Waals surface area contributed by atoms with Gasteiger partial charge in [-0.25, -0.2) is 0 Å². The lowest BCUT2D eigenvalue weighted by Crippen LogP contribution is -2.45.